The molecule has 1 fully saturated rings. The lowest BCUT2D eigenvalue weighted by Gasteiger charge is -2.22. The number of nitrogens with zero attached hydrogens (tertiary/aromatic N) is 4. The molecule has 1 aliphatic rings. The van der Waals surface area contributed by atoms with E-state index in [2.05, 4.69) is 32.9 Å². The highest BCUT2D eigenvalue weighted by atomic mass is 35.5. The van der Waals surface area contributed by atoms with Crippen LogP contribution in [0.3, 0.4) is 0 Å². The minimum Gasteiger partial charge on any atom is -0.486 e. The van der Waals surface area contributed by atoms with Crippen molar-refractivity contribution in [2.45, 2.75) is 56.7 Å². The average Bonchev–Trinajstić information content (AvgIpc) is 3.38. The number of aromatic nitrogens is 3. The molecule has 40 heavy (non-hydrogen) atoms. The predicted molar refractivity (Wildman–Crippen MR) is 162 cm³/mol. The Morgan fingerprint density at radius 2 is 1.77 bits per heavy atom. The number of carbonyl (C=O) groups excluding carboxylic acids is 1. The fourth-order valence-electron chi connectivity index (χ4n) is 4.67. The van der Waals surface area contributed by atoms with Gasteiger partial charge in [-0.3, -0.25) is 14.8 Å². The molecule has 1 saturated carbocycles. The molecular formula is C30H29Cl2N5O2S. The summed E-state index contributed by atoms with van der Waals surface area (Å²) in [7, 11) is 0. The highest BCUT2D eigenvalue weighted by Crippen LogP contribution is 2.33. The molecule has 3 aromatic carbocycles. The molecule has 1 heterocycles. The summed E-state index contributed by atoms with van der Waals surface area (Å²) in [4.78, 5) is 12.5. The van der Waals surface area contributed by atoms with E-state index >= 15 is 0 Å². The average molecular weight is 595 g/mol. The van der Waals surface area contributed by atoms with Gasteiger partial charge in [0.05, 0.1) is 10.7 Å². The Bertz CT molecular complexity index is 1490. The first-order chi connectivity index (χ1) is 19.5. The molecule has 0 amide bonds. The number of hydrogen-bond acceptors (Lipinski definition) is 7. The number of nitrogens with one attached hydrogen (secondary N) is 1. The number of halogens is 2. The molecule has 1 aromatic heterocycles. The van der Waals surface area contributed by atoms with Crippen molar-refractivity contribution in [2.75, 3.05) is 5.43 Å². The van der Waals surface area contributed by atoms with Gasteiger partial charge in [-0.25, -0.2) is 0 Å². The third kappa shape index (κ3) is 7.05. The maximum absolute atomic E-state index is 12.5. The molecular weight excluding hydrogens is 565 g/mol. The summed E-state index contributed by atoms with van der Waals surface area (Å²) in [6.45, 7) is 1.65. The van der Waals surface area contributed by atoms with Gasteiger partial charge < -0.3 is 4.74 Å². The molecule has 5 rings (SSSR count). The number of ketones is 1. The second kappa shape index (κ2) is 13.4. The van der Waals surface area contributed by atoms with Crippen LogP contribution >= 0.6 is 35.0 Å². The number of hydrazone groups is 1. The number of ether oxygens (including phenoxy) is 1. The van der Waals surface area contributed by atoms with Gasteiger partial charge in [-0.15, -0.1) is 10.2 Å². The van der Waals surface area contributed by atoms with Gasteiger partial charge in [-0.2, -0.15) is 5.10 Å². The van der Waals surface area contributed by atoms with Crippen LogP contribution in [-0.2, 0) is 11.4 Å². The van der Waals surface area contributed by atoms with Gasteiger partial charge in [0.25, 0.3) is 0 Å². The first kappa shape index (κ1) is 28.2. The number of carbonyl (C=O) groups is 1. The molecule has 0 spiro atoms. The largest absolute Gasteiger partial charge is 0.486 e. The SMILES string of the molecule is CC(=O)/C(=N\Nc1ccc(Cl)cc1Cl)Sc1nnc(COc2ccc(C3CCCCC3)cc2)n1-c1ccccc1. The van der Waals surface area contributed by atoms with Gasteiger partial charge in [0.1, 0.15) is 12.4 Å². The third-order valence-corrected chi connectivity index (χ3v) is 8.30. The Hall–Kier alpha value is -3.33. The van der Waals surface area contributed by atoms with Crippen LogP contribution < -0.4 is 10.2 Å². The molecule has 7 nitrogen and oxygen atoms in total. The Labute approximate surface area is 247 Å². The topological polar surface area (TPSA) is 81.4 Å². The second-order valence-electron chi connectivity index (χ2n) is 9.57. The van der Waals surface area contributed by atoms with Crippen molar-refractivity contribution < 1.29 is 9.53 Å². The van der Waals surface area contributed by atoms with Crippen LogP contribution in [0.1, 0.15) is 56.3 Å². The second-order valence-corrected chi connectivity index (χ2v) is 11.4. The van der Waals surface area contributed by atoms with Crippen LogP contribution in [0.4, 0.5) is 5.69 Å². The van der Waals surface area contributed by atoms with Gasteiger partial charge in [0, 0.05) is 17.6 Å². The molecule has 1 aliphatic carbocycles. The first-order valence-corrected chi connectivity index (χ1v) is 14.7. The highest BCUT2D eigenvalue weighted by molar-refractivity contribution is 8.15. The molecule has 1 N–H and O–H groups in total. The van der Waals surface area contributed by atoms with Crippen molar-refractivity contribution in [3.8, 4) is 11.4 Å². The predicted octanol–water partition coefficient (Wildman–Crippen LogP) is 8.31. The van der Waals surface area contributed by atoms with Crippen molar-refractivity contribution in [3.05, 3.63) is 94.2 Å². The van der Waals surface area contributed by atoms with E-state index in [9.17, 15) is 4.79 Å². The molecule has 0 saturated heterocycles. The zero-order valence-corrected chi connectivity index (χ0v) is 24.3. The van der Waals surface area contributed by atoms with E-state index in [1.165, 1.54) is 44.6 Å². The van der Waals surface area contributed by atoms with Crippen LogP contribution in [-0.4, -0.2) is 25.6 Å². The van der Waals surface area contributed by atoms with Crippen molar-refractivity contribution in [2.24, 2.45) is 5.10 Å². The normalized spacial score (nSPS) is 14.2. The van der Waals surface area contributed by atoms with E-state index in [4.69, 9.17) is 27.9 Å². The van der Waals surface area contributed by atoms with E-state index in [-0.39, 0.29) is 17.4 Å². The molecule has 0 atom stereocenters. The first-order valence-electron chi connectivity index (χ1n) is 13.2. The van der Waals surface area contributed by atoms with Crippen LogP contribution in [0.2, 0.25) is 10.0 Å². The quantitative estimate of drug-likeness (QED) is 0.0909. The van der Waals surface area contributed by atoms with E-state index in [1.807, 2.05) is 47.0 Å². The lowest BCUT2D eigenvalue weighted by atomic mass is 9.84. The lowest BCUT2D eigenvalue weighted by Crippen LogP contribution is -2.11. The number of anilines is 1. The smallest absolute Gasteiger partial charge is 0.202 e. The summed E-state index contributed by atoms with van der Waals surface area (Å²) in [6.07, 6.45) is 6.47. The van der Waals surface area contributed by atoms with Crippen LogP contribution in [0.15, 0.2) is 83.1 Å². The maximum Gasteiger partial charge on any atom is 0.202 e. The lowest BCUT2D eigenvalue weighted by molar-refractivity contribution is -0.110. The summed E-state index contributed by atoms with van der Waals surface area (Å²) >= 11 is 13.3. The van der Waals surface area contributed by atoms with E-state index in [0.717, 1.165) is 23.2 Å². The van der Waals surface area contributed by atoms with Crippen molar-refractivity contribution in [1.29, 1.82) is 0 Å². The van der Waals surface area contributed by atoms with E-state index < -0.39 is 0 Å². The molecule has 206 valence electrons. The Morgan fingerprint density at radius 1 is 1.02 bits per heavy atom. The zero-order valence-electron chi connectivity index (χ0n) is 22.0. The van der Waals surface area contributed by atoms with Crippen LogP contribution in [0.25, 0.3) is 5.69 Å². The molecule has 0 radical (unpaired) electrons. The molecule has 0 aliphatic heterocycles. The molecule has 0 unspecified atom stereocenters. The standard InChI is InChI=1S/C30H29Cl2N5O2S/c1-20(38)29(35-33-27-17-14-23(31)18-26(27)32)40-30-36-34-28(37(30)24-10-6-3-7-11-24)19-39-25-15-12-22(13-16-25)21-8-4-2-5-9-21/h3,6-7,10-18,21,33H,2,4-5,8-9,19H2,1H3/b35-29+. The van der Waals surface area contributed by atoms with Gasteiger partial charge >= 0.3 is 0 Å². The number of benzene rings is 3. The monoisotopic (exact) mass is 593 g/mol. The number of hydrogen-bond donors (Lipinski definition) is 1. The fraction of sp³-hybridized carbons (Fsp3) is 0.267. The molecule has 0 bridgehead atoms. The summed E-state index contributed by atoms with van der Waals surface area (Å²) in [5.41, 5.74) is 5.61. The van der Waals surface area contributed by atoms with Crippen LogP contribution in [0.5, 0.6) is 5.75 Å². The Kier molecular flexibility index (Phi) is 9.41. The van der Waals surface area contributed by atoms with Crippen molar-refractivity contribution >= 4 is 51.5 Å². The fourth-order valence-corrected chi connectivity index (χ4v) is 5.91. The summed E-state index contributed by atoms with van der Waals surface area (Å²) in [5.74, 6) is 1.78. The number of Topliss-reactive ketones (excluding diaryl/α,β-unsaturated/α-hetero) is 1. The molecule has 4 aromatic rings. The van der Waals surface area contributed by atoms with Crippen molar-refractivity contribution in [1.82, 2.24) is 14.8 Å². The third-order valence-electron chi connectivity index (χ3n) is 6.74. The van der Waals surface area contributed by atoms with E-state index in [1.54, 1.807) is 18.2 Å². The summed E-state index contributed by atoms with van der Waals surface area (Å²) in [5, 5.41) is 14.7. The number of para-hydroxylation sites is 1. The Balaban J connectivity index is 1.35. The van der Waals surface area contributed by atoms with Crippen molar-refractivity contribution in [3.63, 3.8) is 0 Å². The van der Waals surface area contributed by atoms with Crippen LogP contribution in [0, 0.1) is 0 Å². The summed E-state index contributed by atoms with van der Waals surface area (Å²) < 4.78 is 7.99. The minimum atomic E-state index is -0.235. The zero-order chi connectivity index (χ0) is 27.9. The highest BCUT2D eigenvalue weighted by Gasteiger charge is 2.20. The van der Waals surface area contributed by atoms with Gasteiger partial charge in [0.15, 0.2) is 16.7 Å². The number of thioether (sulfide) groups is 1. The maximum atomic E-state index is 12.5. The Morgan fingerprint density at radius 3 is 2.48 bits per heavy atom. The summed E-state index contributed by atoms with van der Waals surface area (Å²) in [6, 6.07) is 23.1. The van der Waals surface area contributed by atoms with E-state index in [0.29, 0.717) is 32.6 Å². The van der Waals surface area contributed by atoms with Gasteiger partial charge in [0.2, 0.25) is 5.16 Å². The molecule has 10 heteroatoms. The van der Waals surface area contributed by atoms with Gasteiger partial charge in [-0.05, 0) is 78.5 Å². The minimum absolute atomic E-state index is 0.196. The number of rotatable bonds is 9. The van der Waals surface area contributed by atoms with Gasteiger partial charge in [-0.1, -0.05) is 72.8 Å².